The van der Waals surface area contributed by atoms with Crippen molar-refractivity contribution in [1.29, 1.82) is 0 Å². The molecule has 16 heavy (non-hydrogen) atoms. The predicted molar refractivity (Wildman–Crippen MR) is 63.9 cm³/mol. The maximum absolute atomic E-state index is 5.56. The minimum atomic E-state index is 0.572. The number of hydrogen-bond acceptors (Lipinski definition) is 5. The average Bonchev–Trinajstić information content (AvgIpc) is 2.86. The summed E-state index contributed by atoms with van der Waals surface area (Å²) < 4.78 is 5.38. The van der Waals surface area contributed by atoms with Crippen molar-refractivity contribution in [1.82, 2.24) is 9.97 Å². The molecule has 0 aliphatic heterocycles. The molecule has 0 bridgehead atoms. The Labute approximate surface area is 96.8 Å². The van der Waals surface area contributed by atoms with Crippen LogP contribution in [0.5, 0.6) is 0 Å². The highest BCUT2D eigenvalue weighted by molar-refractivity contribution is 7.13. The molecule has 1 saturated carbocycles. The summed E-state index contributed by atoms with van der Waals surface area (Å²) in [6.07, 6.45) is 7.77. The lowest BCUT2D eigenvalue weighted by Crippen LogP contribution is -1.82. The van der Waals surface area contributed by atoms with Crippen LogP contribution in [-0.2, 0) is 0 Å². The van der Waals surface area contributed by atoms with Crippen molar-refractivity contribution in [3.05, 3.63) is 28.9 Å². The zero-order chi connectivity index (χ0) is 11.0. The molecule has 1 aliphatic rings. The SMILES string of the molecule is Nc1nc(C=Cc2ncoc2C2CC2)cs1. The van der Waals surface area contributed by atoms with Gasteiger partial charge >= 0.3 is 0 Å². The van der Waals surface area contributed by atoms with Crippen molar-refractivity contribution in [3.63, 3.8) is 0 Å². The van der Waals surface area contributed by atoms with Crippen molar-refractivity contribution < 1.29 is 4.42 Å². The second-order valence-corrected chi connectivity index (χ2v) is 4.71. The number of rotatable bonds is 3. The minimum absolute atomic E-state index is 0.572. The summed E-state index contributed by atoms with van der Waals surface area (Å²) in [5.41, 5.74) is 7.33. The van der Waals surface area contributed by atoms with Gasteiger partial charge in [-0.1, -0.05) is 0 Å². The molecule has 0 unspecified atom stereocenters. The van der Waals surface area contributed by atoms with E-state index in [4.69, 9.17) is 10.2 Å². The number of nitrogens with zero attached hydrogens (tertiary/aromatic N) is 2. The number of thiazole rings is 1. The van der Waals surface area contributed by atoms with E-state index in [1.165, 1.54) is 30.6 Å². The van der Waals surface area contributed by atoms with Crippen molar-refractivity contribution >= 4 is 28.6 Å². The van der Waals surface area contributed by atoms with E-state index in [0.29, 0.717) is 11.0 Å². The number of nitrogens with two attached hydrogens (primary N) is 1. The van der Waals surface area contributed by atoms with Crippen LogP contribution in [0.3, 0.4) is 0 Å². The number of aromatic nitrogens is 2. The van der Waals surface area contributed by atoms with Gasteiger partial charge in [0.1, 0.15) is 11.5 Å². The van der Waals surface area contributed by atoms with E-state index in [-0.39, 0.29) is 0 Å². The molecule has 0 saturated heterocycles. The molecule has 82 valence electrons. The molecule has 1 aliphatic carbocycles. The lowest BCUT2D eigenvalue weighted by molar-refractivity contribution is 0.505. The van der Waals surface area contributed by atoms with Gasteiger partial charge < -0.3 is 10.2 Å². The van der Waals surface area contributed by atoms with Gasteiger partial charge in [-0.05, 0) is 25.0 Å². The first kappa shape index (κ1) is 9.59. The van der Waals surface area contributed by atoms with Crippen LogP contribution in [-0.4, -0.2) is 9.97 Å². The summed E-state index contributed by atoms with van der Waals surface area (Å²) in [4.78, 5) is 8.34. The first-order valence-electron chi connectivity index (χ1n) is 5.15. The van der Waals surface area contributed by atoms with Crippen LogP contribution in [0.2, 0.25) is 0 Å². The van der Waals surface area contributed by atoms with Gasteiger partial charge in [0, 0.05) is 11.3 Å². The van der Waals surface area contributed by atoms with E-state index in [1.807, 2.05) is 17.5 Å². The van der Waals surface area contributed by atoms with Gasteiger partial charge in [-0.2, -0.15) is 0 Å². The first-order chi connectivity index (χ1) is 7.83. The quantitative estimate of drug-likeness (QED) is 0.885. The average molecular weight is 233 g/mol. The maximum Gasteiger partial charge on any atom is 0.181 e. The van der Waals surface area contributed by atoms with E-state index in [1.54, 1.807) is 0 Å². The molecule has 2 N–H and O–H groups in total. The van der Waals surface area contributed by atoms with Crippen molar-refractivity contribution in [2.45, 2.75) is 18.8 Å². The molecular formula is C11H11N3OS. The van der Waals surface area contributed by atoms with E-state index in [2.05, 4.69) is 9.97 Å². The van der Waals surface area contributed by atoms with E-state index < -0.39 is 0 Å². The van der Waals surface area contributed by atoms with E-state index in [0.717, 1.165) is 17.1 Å². The molecule has 5 heteroatoms. The van der Waals surface area contributed by atoms with Crippen molar-refractivity contribution in [3.8, 4) is 0 Å². The topological polar surface area (TPSA) is 64.9 Å². The molecule has 1 fully saturated rings. The molecule has 0 radical (unpaired) electrons. The lowest BCUT2D eigenvalue weighted by atomic mass is 10.2. The second-order valence-electron chi connectivity index (χ2n) is 3.82. The zero-order valence-corrected chi connectivity index (χ0v) is 9.41. The number of nitrogen functional groups attached to an aromatic ring is 1. The van der Waals surface area contributed by atoms with Crippen LogP contribution in [0.1, 0.15) is 35.9 Å². The minimum Gasteiger partial charge on any atom is -0.448 e. The van der Waals surface area contributed by atoms with Crippen LogP contribution in [0.15, 0.2) is 16.2 Å². The Morgan fingerprint density at radius 2 is 2.31 bits per heavy atom. The van der Waals surface area contributed by atoms with Crippen LogP contribution in [0, 0.1) is 0 Å². The van der Waals surface area contributed by atoms with Crippen LogP contribution < -0.4 is 5.73 Å². The Morgan fingerprint density at radius 3 is 3.00 bits per heavy atom. The van der Waals surface area contributed by atoms with Gasteiger partial charge in [0.25, 0.3) is 0 Å². The Kier molecular flexibility index (Phi) is 2.25. The number of hydrogen-bond donors (Lipinski definition) is 1. The molecule has 0 amide bonds. The monoisotopic (exact) mass is 233 g/mol. The van der Waals surface area contributed by atoms with Crippen molar-refractivity contribution in [2.24, 2.45) is 0 Å². The van der Waals surface area contributed by atoms with Gasteiger partial charge in [0.15, 0.2) is 11.5 Å². The van der Waals surface area contributed by atoms with Crippen LogP contribution in [0.4, 0.5) is 5.13 Å². The standard InChI is InChI=1S/C11H11N3OS/c12-11-14-8(5-16-11)3-4-9-10(7-1-2-7)15-6-13-9/h3-7H,1-2H2,(H2,12,14). The van der Waals surface area contributed by atoms with Gasteiger partial charge in [0.05, 0.1) is 5.69 Å². The fourth-order valence-corrected chi connectivity index (χ4v) is 2.11. The number of oxazole rings is 1. The third-order valence-electron chi connectivity index (χ3n) is 2.52. The molecular weight excluding hydrogens is 222 g/mol. The lowest BCUT2D eigenvalue weighted by Gasteiger charge is -1.90. The highest BCUT2D eigenvalue weighted by atomic mass is 32.1. The summed E-state index contributed by atoms with van der Waals surface area (Å²) in [7, 11) is 0. The van der Waals surface area contributed by atoms with Gasteiger partial charge in [0.2, 0.25) is 0 Å². The molecule has 0 spiro atoms. The molecule has 0 aromatic carbocycles. The smallest absolute Gasteiger partial charge is 0.181 e. The van der Waals surface area contributed by atoms with Crippen LogP contribution in [0.25, 0.3) is 12.2 Å². The first-order valence-corrected chi connectivity index (χ1v) is 6.03. The predicted octanol–water partition coefficient (Wildman–Crippen LogP) is 2.76. The van der Waals surface area contributed by atoms with Crippen LogP contribution >= 0.6 is 11.3 Å². The Morgan fingerprint density at radius 1 is 1.44 bits per heavy atom. The fourth-order valence-electron chi connectivity index (χ4n) is 1.58. The highest BCUT2D eigenvalue weighted by Crippen LogP contribution is 2.41. The fraction of sp³-hybridized carbons (Fsp3) is 0.273. The highest BCUT2D eigenvalue weighted by Gasteiger charge is 2.29. The van der Waals surface area contributed by atoms with Gasteiger partial charge in [-0.15, -0.1) is 11.3 Å². The Hall–Kier alpha value is -1.62. The third-order valence-corrected chi connectivity index (χ3v) is 3.22. The number of anilines is 1. The summed E-state index contributed by atoms with van der Waals surface area (Å²) in [5, 5.41) is 2.50. The van der Waals surface area contributed by atoms with Crippen molar-refractivity contribution in [2.75, 3.05) is 5.73 Å². The normalized spacial score (nSPS) is 16.0. The molecule has 2 aromatic heterocycles. The zero-order valence-electron chi connectivity index (χ0n) is 8.59. The molecule has 2 heterocycles. The Balaban J connectivity index is 1.82. The van der Waals surface area contributed by atoms with E-state index in [9.17, 15) is 0 Å². The summed E-state index contributed by atoms with van der Waals surface area (Å²) in [6.45, 7) is 0. The molecule has 3 rings (SSSR count). The second kappa shape index (κ2) is 3.75. The van der Waals surface area contributed by atoms with Gasteiger partial charge in [-0.3, -0.25) is 0 Å². The third kappa shape index (κ3) is 1.86. The molecule has 0 atom stereocenters. The van der Waals surface area contributed by atoms with E-state index >= 15 is 0 Å². The summed E-state index contributed by atoms with van der Waals surface area (Å²) >= 11 is 1.44. The molecule has 4 nitrogen and oxygen atoms in total. The largest absolute Gasteiger partial charge is 0.448 e. The summed E-state index contributed by atoms with van der Waals surface area (Å²) in [5.74, 6) is 1.57. The van der Waals surface area contributed by atoms with Gasteiger partial charge in [-0.25, -0.2) is 9.97 Å². The maximum atomic E-state index is 5.56. The molecule has 2 aromatic rings. The Bertz CT molecular complexity index is 525. The summed E-state index contributed by atoms with van der Waals surface area (Å²) in [6, 6.07) is 0.